The van der Waals surface area contributed by atoms with Gasteiger partial charge in [-0.1, -0.05) is 12.1 Å². The van der Waals surface area contributed by atoms with Crippen molar-refractivity contribution < 1.29 is 101 Å². The summed E-state index contributed by atoms with van der Waals surface area (Å²) in [5, 5.41) is 48.8. The van der Waals surface area contributed by atoms with Gasteiger partial charge in [0.25, 0.3) is 11.4 Å². The van der Waals surface area contributed by atoms with Crippen LogP contribution in [-0.4, -0.2) is 159 Å². The molecule has 0 bridgehead atoms. The lowest BCUT2D eigenvalue weighted by atomic mass is 10.1. The number of benzene rings is 2. The van der Waals surface area contributed by atoms with Gasteiger partial charge in [-0.25, -0.2) is 33.6 Å². The molecule has 0 aliphatic heterocycles. The van der Waals surface area contributed by atoms with Crippen LogP contribution in [0.3, 0.4) is 0 Å². The van der Waals surface area contributed by atoms with Gasteiger partial charge in [0.1, 0.15) is 45.5 Å². The molecular weight excluding hydrogens is 1160 g/mol. The SMILES string of the molecule is CC(C)(C)OC(=O)NCC(CNC(=O)OC(C)(C)C)OC(=O)Cc1ccc([N+](=O)[O-])cc1.CC(C)(C)OC(=O)NCC(O)CNC(=O)OC(C)(C)C.CC(C)(C)OC(=O)OC(=O)OC(C)(C)C.NCC(O)CN.O=C(Cl)Oc1ccc([N+](=O)[O-])cc1. The molecule has 0 spiro atoms. The Labute approximate surface area is 505 Å². The number of aliphatic hydroxyl groups excluding tert-OH is 2. The Morgan fingerprint density at radius 1 is 0.488 bits per heavy atom. The van der Waals surface area contributed by atoms with Gasteiger partial charge in [-0.3, -0.25) is 25.0 Å². The molecule has 0 aromatic heterocycles. The van der Waals surface area contributed by atoms with Crippen LogP contribution in [0.2, 0.25) is 0 Å². The molecule has 31 nitrogen and oxygen atoms in total. The molecule has 0 aliphatic rings. The van der Waals surface area contributed by atoms with Crippen molar-refractivity contribution in [3.05, 3.63) is 74.3 Å². The first-order valence-corrected chi connectivity index (χ1v) is 26.6. The molecule has 10 N–H and O–H groups in total. The minimum absolute atomic E-state index is 0.0231. The van der Waals surface area contributed by atoms with Crippen molar-refractivity contribution in [2.75, 3.05) is 39.3 Å². The third-order valence-corrected chi connectivity index (χ3v) is 8.11. The average molecular weight is 1250 g/mol. The van der Waals surface area contributed by atoms with E-state index in [0.29, 0.717) is 5.56 Å². The highest BCUT2D eigenvalue weighted by atomic mass is 35.5. The maximum atomic E-state index is 12.3. The van der Waals surface area contributed by atoms with Crippen molar-refractivity contribution in [3.63, 3.8) is 0 Å². The highest BCUT2D eigenvalue weighted by Crippen LogP contribution is 2.19. The maximum absolute atomic E-state index is 12.3. The van der Waals surface area contributed by atoms with E-state index in [0.717, 1.165) is 0 Å². The number of non-ortho nitro benzene ring substituents is 2. The zero-order chi connectivity index (χ0) is 67.6. The lowest BCUT2D eigenvalue weighted by molar-refractivity contribution is -0.385. The van der Waals surface area contributed by atoms with Gasteiger partial charge in [-0.2, -0.15) is 0 Å². The minimum Gasteiger partial charge on any atom is -0.458 e. The standard InChI is InChI=1S/C21H31N3O8.C13H26N2O5.C10H18O5.C7H4ClNO4.C3H10N2O/c1-20(2,3)31-18(26)22-12-16(13-23-19(27)32-21(4,5)6)30-17(25)11-14-7-9-15(10-8-14)24(28)29;1-12(2,3)19-10(17)14-7-9(16)8-15-11(18)20-13(4,5)6;1-9(2,3)14-7(11)13-8(12)15-10(4,5)6;8-7(10)13-6-3-1-5(2-4-6)9(11)12;4-1-3(6)2-5/h7-10,16H,11-13H2,1-6H3,(H,22,26)(H,23,27);9,16H,7-8H2,1-6H3,(H,14,17)(H,15,18);1-6H3;1-4H;3,6H,1-2,4-5H2. The van der Waals surface area contributed by atoms with Crippen LogP contribution >= 0.6 is 11.6 Å². The Balaban J connectivity index is -0.00000109. The minimum atomic E-state index is -1.06. The summed E-state index contributed by atoms with van der Waals surface area (Å²) in [5.41, 5.74) is 5.28. The first-order chi connectivity index (χ1) is 38.9. The third-order valence-electron chi connectivity index (χ3n) is 8.04. The molecule has 86 heavy (non-hydrogen) atoms. The molecule has 0 fully saturated rings. The Morgan fingerprint density at radius 2 is 0.779 bits per heavy atom. The number of nitro groups is 2. The number of alkyl carbamates (subject to hydrolysis) is 4. The highest BCUT2D eigenvalue weighted by molar-refractivity contribution is 6.61. The quantitative estimate of drug-likeness (QED) is 0.0197. The second-order valence-electron chi connectivity index (χ2n) is 23.6. The van der Waals surface area contributed by atoms with Gasteiger partial charge >= 0.3 is 48.1 Å². The Bertz CT molecular complexity index is 2350. The number of nitro benzene ring substituents is 2. The van der Waals surface area contributed by atoms with E-state index < -0.39 is 110 Å². The van der Waals surface area contributed by atoms with E-state index in [9.17, 15) is 63.7 Å². The zero-order valence-electron chi connectivity index (χ0n) is 52.2. The molecule has 0 aliphatic carbocycles. The molecule has 0 heterocycles. The fraction of sp³-hybridized carbons (Fsp3) is 0.630. The number of nitrogens with two attached hydrogens (primary N) is 2. The third kappa shape index (κ3) is 52.9. The summed E-state index contributed by atoms with van der Waals surface area (Å²) >= 11 is 4.92. The molecule has 32 heteroatoms. The van der Waals surface area contributed by atoms with Gasteiger partial charge in [0.05, 0.1) is 41.6 Å². The lowest BCUT2D eigenvalue weighted by Gasteiger charge is -2.23. The van der Waals surface area contributed by atoms with Crippen LogP contribution < -0.4 is 37.5 Å². The fourth-order valence-corrected chi connectivity index (χ4v) is 4.93. The number of carbonyl (C=O) groups is 8. The summed E-state index contributed by atoms with van der Waals surface area (Å²) in [6, 6.07) is 10.5. The van der Waals surface area contributed by atoms with E-state index in [-0.39, 0.29) is 62.8 Å². The van der Waals surface area contributed by atoms with Crippen LogP contribution in [0.1, 0.15) is 130 Å². The van der Waals surface area contributed by atoms with Crippen LogP contribution in [0.25, 0.3) is 0 Å². The molecular formula is C54H89ClN8O23. The number of esters is 1. The summed E-state index contributed by atoms with van der Waals surface area (Å²) in [7, 11) is 0. The van der Waals surface area contributed by atoms with Gasteiger partial charge in [-0.15, -0.1) is 0 Å². The van der Waals surface area contributed by atoms with Crippen LogP contribution in [0.5, 0.6) is 5.75 Å². The number of halogens is 1. The summed E-state index contributed by atoms with van der Waals surface area (Å²) in [5.74, 6) is -0.466. The predicted octanol–water partition coefficient (Wildman–Crippen LogP) is 7.97. The van der Waals surface area contributed by atoms with Crippen LogP contribution in [0, 0.1) is 20.2 Å². The number of carbonyl (C=O) groups excluding carboxylic acids is 8. The summed E-state index contributed by atoms with van der Waals surface area (Å²) < 4.78 is 44.0. The van der Waals surface area contributed by atoms with Gasteiger partial charge < -0.3 is 85.6 Å². The van der Waals surface area contributed by atoms with Gasteiger partial charge in [0.15, 0.2) is 0 Å². The highest BCUT2D eigenvalue weighted by Gasteiger charge is 2.26. The molecule has 2 rings (SSSR count). The van der Waals surface area contributed by atoms with E-state index in [1.165, 1.54) is 48.5 Å². The zero-order valence-corrected chi connectivity index (χ0v) is 53.0. The summed E-state index contributed by atoms with van der Waals surface area (Å²) in [4.78, 5) is 111. The largest absolute Gasteiger partial charge is 0.519 e. The second kappa shape index (κ2) is 39.0. The van der Waals surface area contributed by atoms with E-state index in [2.05, 4.69) is 30.7 Å². The Kier molecular flexibility index (Phi) is 37.3. The van der Waals surface area contributed by atoms with E-state index in [4.69, 9.17) is 61.3 Å². The molecule has 0 saturated heterocycles. The van der Waals surface area contributed by atoms with E-state index in [1.807, 2.05) is 0 Å². The molecule has 0 atom stereocenters. The first-order valence-electron chi connectivity index (χ1n) is 26.3. The van der Waals surface area contributed by atoms with Gasteiger partial charge in [0, 0.05) is 62.0 Å². The van der Waals surface area contributed by atoms with Crippen molar-refractivity contribution in [3.8, 4) is 5.75 Å². The van der Waals surface area contributed by atoms with E-state index in [1.54, 1.807) is 125 Å². The maximum Gasteiger partial charge on any atom is 0.519 e. The molecule has 0 saturated carbocycles. The molecule has 490 valence electrons. The van der Waals surface area contributed by atoms with Gasteiger partial charge in [-0.05, 0) is 142 Å². The fourth-order valence-electron chi connectivity index (χ4n) is 4.85. The van der Waals surface area contributed by atoms with Crippen molar-refractivity contribution in [2.45, 2.75) is 183 Å². The first kappa shape index (κ1) is 82.3. The van der Waals surface area contributed by atoms with Crippen molar-refractivity contribution in [1.82, 2.24) is 21.3 Å². The number of nitrogens with zero attached hydrogens (tertiary/aromatic N) is 2. The predicted molar refractivity (Wildman–Crippen MR) is 312 cm³/mol. The van der Waals surface area contributed by atoms with Crippen molar-refractivity contribution in [1.29, 1.82) is 0 Å². The molecule has 0 radical (unpaired) electrons. The Morgan fingerprint density at radius 3 is 1.03 bits per heavy atom. The van der Waals surface area contributed by atoms with Gasteiger partial charge in [0.2, 0.25) is 0 Å². The second-order valence-corrected chi connectivity index (χ2v) is 24.0. The Hall–Kier alpha value is -7.87. The number of hydrogen-bond acceptors (Lipinski definition) is 25. The summed E-state index contributed by atoms with van der Waals surface area (Å²) in [6.07, 6.45) is -7.23. The van der Waals surface area contributed by atoms with Crippen molar-refractivity contribution in [2.24, 2.45) is 11.5 Å². The average Bonchev–Trinajstić information content (AvgIpc) is 3.55. The number of rotatable bonds is 16. The molecule has 0 unspecified atom stereocenters. The molecule has 2 aromatic carbocycles. The molecule has 4 amide bonds. The number of ether oxygens (including phenoxy) is 9. The number of aliphatic hydroxyl groups is 2. The normalized spacial score (nSPS) is 11.2. The smallest absolute Gasteiger partial charge is 0.458 e. The van der Waals surface area contributed by atoms with Crippen LogP contribution in [0.15, 0.2) is 48.5 Å². The monoisotopic (exact) mass is 1250 g/mol. The summed E-state index contributed by atoms with van der Waals surface area (Å²) in [6.45, 7) is 31.0. The number of hydrogen-bond donors (Lipinski definition) is 8. The lowest BCUT2D eigenvalue weighted by Crippen LogP contribution is -2.45. The molecule has 2 aromatic rings. The van der Waals surface area contributed by atoms with Crippen LogP contribution in [0.4, 0.5) is 44.9 Å². The number of nitrogens with one attached hydrogen (secondary N) is 4. The van der Waals surface area contributed by atoms with E-state index >= 15 is 0 Å². The topological polar surface area (TPSA) is 447 Å². The van der Waals surface area contributed by atoms with Crippen molar-refractivity contribution >= 4 is 71.1 Å². The van der Waals surface area contributed by atoms with Crippen LogP contribution in [-0.2, 0) is 49.1 Å². The number of amides is 4.